The van der Waals surface area contributed by atoms with Crippen LogP contribution in [-0.2, 0) is 16.1 Å². The zero-order chi connectivity index (χ0) is 15.8. The highest BCUT2D eigenvalue weighted by Gasteiger charge is 2.47. The predicted molar refractivity (Wildman–Crippen MR) is 80.4 cm³/mol. The first-order valence-corrected chi connectivity index (χ1v) is 7.28. The highest BCUT2D eigenvalue weighted by molar-refractivity contribution is 5.99. The lowest BCUT2D eigenvalue weighted by Gasteiger charge is -2.45. The standard InChI is InChI=1S/C16H23N3O2/c1-10(2)13-14(20)19(16(4,5)15(21)18-13)9-12-11(3)7-6-8-17-12/h6-8,10,13H,9H2,1-5H3,(H,18,21). The summed E-state index contributed by atoms with van der Waals surface area (Å²) >= 11 is 0. The molecule has 1 aliphatic heterocycles. The Kier molecular flexibility index (Phi) is 4.03. The molecule has 5 nitrogen and oxygen atoms in total. The minimum atomic E-state index is -0.869. The van der Waals surface area contributed by atoms with E-state index in [0.29, 0.717) is 6.54 Å². The largest absolute Gasteiger partial charge is 0.342 e. The number of carbonyl (C=O) groups is 2. The van der Waals surface area contributed by atoms with Crippen molar-refractivity contribution in [1.29, 1.82) is 0 Å². The number of aryl methyl sites for hydroxylation is 1. The molecule has 1 N–H and O–H groups in total. The van der Waals surface area contributed by atoms with Gasteiger partial charge in [0.25, 0.3) is 0 Å². The minimum Gasteiger partial charge on any atom is -0.342 e. The molecule has 2 amide bonds. The molecule has 0 radical (unpaired) electrons. The highest BCUT2D eigenvalue weighted by Crippen LogP contribution is 2.26. The van der Waals surface area contributed by atoms with E-state index in [-0.39, 0.29) is 17.7 Å². The molecule has 1 saturated heterocycles. The van der Waals surface area contributed by atoms with E-state index in [9.17, 15) is 9.59 Å². The number of hydrogen-bond acceptors (Lipinski definition) is 3. The number of rotatable bonds is 3. The van der Waals surface area contributed by atoms with Gasteiger partial charge in [-0.2, -0.15) is 0 Å². The first kappa shape index (κ1) is 15.5. The van der Waals surface area contributed by atoms with Crippen LogP contribution in [0.3, 0.4) is 0 Å². The Labute approximate surface area is 125 Å². The van der Waals surface area contributed by atoms with Gasteiger partial charge in [-0.1, -0.05) is 19.9 Å². The van der Waals surface area contributed by atoms with E-state index in [4.69, 9.17) is 0 Å². The van der Waals surface area contributed by atoms with Crippen molar-refractivity contribution in [3.05, 3.63) is 29.6 Å². The van der Waals surface area contributed by atoms with E-state index in [1.165, 1.54) is 0 Å². The molecular formula is C16H23N3O2. The molecule has 1 aromatic rings. The van der Waals surface area contributed by atoms with Gasteiger partial charge in [0, 0.05) is 6.20 Å². The van der Waals surface area contributed by atoms with Crippen LogP contribution in [0.5, 0.6) is 0 Å². The van der Waals surface area contributed by atoms with Crippen LogP contribution in [0.2, 0.25) is 0 Å². The molecule has 1 aliphatic rings. The topological polar surface area (TPSA) is 62.3 Å². The smallest absolute Gasteiger partial charge is 0.246 e. The Hall–Kier alpha value is -1.91. The Morgan fingerprint density at radius 1 is 1.38 bits per heavy atom. The molecule has 0 aromatic carbocycles. The Morgan fingerprint density at radius 2 is 2.05 bits per heavy atom. The lowest BCUT2D eigenvalue weighted by molar-refractivity contribution is -0.157. The van der Waals surface area contributed by atoms with Gasteiger partial charge < -0.3 is 10.2 Å². The van der Waals surface area contributed by atoms with E-state index < -0.39 is 11.6 Å². The summed E-state index contributed by atoms with van der Waals surface area (Å²) in [6.07, 6.45) is 1.71. The Bertz CT molecular complexity index is 566. The first-order valence-electron chi connectivity index (χ1n) is 7.28. The second kappa shape index (κ2) is 5.47. The van der Waals surface area contributed by atoms with Crippen molar-refractivity contribution in [2.45, 2.75) is 52.7 Å². The van der Waals surface area contributed by atoms with Crippen molar-refractivity contribution >= 4 is 11.8 Å². The van der Waals surface area contributed by atoms with Crippen LogP contribution in [0.15, 0.2) is 18.3 Å². The zero-order valence-corrected chi connectivity index (χ0v) is 13.3. The molecule has 2 heterocycles. The third kappa shape index (κ3) is 2.77. The summed E-state index contributed by atoms with van der Waals surface area (Å²) in [6.45, 7) is 9.74. The van der Waals surface area contributed by atoms with Gasteiger partial charge in [-0.25, -0.2) is 0 Å². The third-order valence-corrected chi connectivity index (χ3v) is 4.14. The average molecular weight is 289 g/mol. The fourth-order valence-corrected chi connectivity index (χ4v) is 2.51. The van der Waals surface area contributed by atoms with Gasteiger partial charge in [0.05, 0.1) is 12.2 Å². The minimum absolute atomic E-state index is 0.0420. The molecular weight excluding hydrogens is 266 g/mol. The maximum atomic E-state index is 12.7. The van der Waals surface area contributed by atoms with Crippen molar-refractivity contribution in [2.24, 2.45) is 5.92 Å². The number of hydrogen-bond donors (Lipinski definition) is 1. The normalized spacial score (nSPS) is 21.6. The number of nitrogens with one attached hydrogen (secondary N) is 1. The van der Waals surface area contributed by atoms with Crippen LogP contribution in [0.4, 0.5) is 0 Å². The van der Waals surface area contributed by atoms with Crippen molar-refractivity contribution < 1.29 is 9.59 Å². The molecule has 2 rings (SSSR count). The van der Waals surface area contributed by atoms with E-state index in [1.807, 2.05) is 32.9 Å². The Balaban J connectivity index is 2.35. The zero-order valence-electron chi connectivity index (χ0n) is 13.3. The summed E-state index contributed by atoms with van der Waals surface area (Å²) in [5.41, 5.74) is 0.983. The lowest BCUT2D eigenvalue weighted by atomic mass is 9.91. The van der Waals surface area contributed by atoms with Gasteiger partial charge in [0.1, 0.15) is 11.6 Å². The summed E-state index contributed by atoms with van der Waals surface area (Å²) in [4.78, 5) is 31.1. The van der Waals surface area contributed by atoms with Crippen LogP contribution in [0, 0.1) is 12.8 Å². The van der Waals surface area contributed by atoms with Crippen LogP contribution >= 0.6 is 0 Å². The number of amides is 2. The average Bonchev–Trinajstić information content (AvgIpc) is 2.40. The maximum Gasteiger partial charge on any atom is 0.246 e. The molecule has 21 heavy (non-hydrogen) atoms. The molecule has 114 valence electrons. The van der Waals surface area contributed by atoms with Crippen molar-refractivity contribution in [3.8, 4) is 0 Å². The monoisotopic (exact) mass is 289 g/mol. The predicted octanol–water partition coefficient (Wildman–Crippen LogP) is 1.65. The number of carbonyl (C=O) groups excluding carboxylic acids is 2. The van der Waals surface area contributed by atoms with E-state index >= 15 is 0 Å². The van der Waals surface area contributed by atoms with Gasteiger partial charge in [0.2, 0.25) is 11.8 Å². The first-order chi connectivity index (χ1) is 9.75. The van der Waals surface area contributed by atoms with E-state index in [2.05, 4.69) is 10.3 Å². The summed E-state index contributed by atoms with van der Waals surface area (Å²) in [5.74, 6) is -0.0982. The number of nitrogens with zero attached hydrogens (tertiary/aromatic N) is 2. The van der Waals surface area contributed by atoms with Gasteiger partial charge >= 0.3 is 0 Å². The van der Waals surface area contributed by atoms with Crippen LogP contribution < -0.4 is 5.32 Å². The quantitative estimate of drug-likeness (QED) is 0.920. The summed E-state index contributed by atoms with van der Waals surface area (Å²) in [7, 11) is 0. The van der Waals surface area contributed by atoms with Gasteiger partial charge in [-0.3, -0.25) is 14.6 Å². The van der Waals surface area contributed by atoms with Crippen molar-refractivity contribution in [3.63, 3.8) is 0 Å². The molecule has 0 bridgehead atoms. The van der Waals surface area contributed by atoms with Crippen molar-refractivity contribution in [1.82, 2.24) is 15.2 Å². The molecule has 0 aliphatic carbocycles. The van der Waals surface area contributed by atoms with Gasteiger partial charge in [-0.15, -0.1) is 0 Å². The molecule has 0 spiro atoms. The number of aromatic nitrogens is 1. The molecule has 1 aromatic heterocycles. The molecule has 0 saturated carbocycles. The van der Waals surface area contributed by atoms with Crippen LogP contribution in [0.25, 0.3) is 0 Å². The lowest BCUT2D eigenvalue weighted by Crippen LogP contribution is -2.69. The second-order valence-electron chi connectivity index (χ2n) is 6.45. The van der Waals surface area contributed by atoms with E-state index in [1.54, 1.807) is 24.9 Å². The molecule has 1 fully saturated rings. The number of pyridine rings is 1. The fourth-order valence-electron chi connectivity index (χ4n) is 2.51. The third-order valence-electron chi connectivity index (χ3n) is 4.14. The van der Waals surface area contributed by atoms with Gasteiger partial charge in [0.15, 0.2) is 0 Å². The van der Waals surface area contributed by atoms with E-state index in [0.717, 1.165) is 11.3 Å². The summed E-state index contributed by atoms with van der Waals surface area (Å²) in [5, 5.41) is 2.84. The van der Waals surface area contributed by atoms with Gasteiger partial charge in [-0.05, 0) is 38.3 Å². The molecule has 1 atom stereocenters. The maximum absolute atomic E-state index is 12.7. The van der Waals surface area contributed by atoms with Crippen LogP contribution in [0.1, 0.15) is 39.0 Å². The van der Waals surface area contributed by atoms with Crippen LogP contribution in [-0.4, -0.2) is 33.3 Å². The molecule has 5 heteroatoms. The number of piperazine rings is 1. The SMILES string of the molecule is Cc1cccnc1CN1C(=O)C(C(C)C)NC(=O)C1(C)C. The summed E-state index contributed by atoms with van der Waals surface area (Å²) in [6, 6.07) is 3.37. The van der Waals surface area contributed by atoms with Crippen molar-refractivity contribution in [2.75, 3.05) is 0 Å². The fraction of sp³-hybridized carbons (Fsp3) is 0.562. The molecule has 1 unspecified atom stereocenters. The summed E-state index contributed by atoms with van der Waals surface area (Å²) < 4.78 is 0. The second-order valence-corrected chi connectivity index (χ2v) is 6.45. The Morgan fingerprint density at radius 3 is 2.62 bits per heavy atom. The highest BCUT2D eigenvalue weighted by atomic mass is 16.2.